The maximum absolute atomic E-state index is 6.79. The van der Waals surface area contributed by atoms with Crippen LogP contribution in [0.2, 0.25) is 0 Å². The number of benzene rings is 3. The molecule has 0 amide bonds. The second-order valence-electron chi connectivity index (χ2n) is 9.14. The Morgan fingerprint density at radius 1 is 0.824 bits per heavy atom. The van der Waals surface area contributed by atoms with Crippen LogP contribution in [0.4, 0.5) is 5.69 Å². The number of rotatable bonds is 7. The lowest BCUT2D eigenvalue weighted by atomic mass is 9.93. The van der Waals surface area contributed by atoms with E-state index in [0.717, 1.165) is 5.69 Å². The minimum Gasteiger partial charge on any atom is -0.360 e. The molecule has 2 N–H and O–H groups in total. The predicted molar refractivity (Wildman–Crippen MR) is 147 cm³/mol. The van der Waals surface area contributed by atoms with Gasteiger partial charge in [0, 0.05) is 12.2 Å². The van der Waals surface area contributed by atoms with Crippen LogP contribution in [0.1, 0.15) is 37.1 Å². The maximum atomic E-state index is 6.79. The highest BCUT2D eigenvalue weighted by Gasteiger charge is 2.48. The van der Waals surface area contributed by atoms with Crippen LogP contribution >= 0.6 is 20.7 Å². The summed E-state index contributed by atoms with van der Waals surface area (Å²) in [5.41, 5.74) is 3.13. The van der Waals surface area contributed by atoms with Crippen molar-refractivity contribution >= 4 is 31.5 Å². The average molecular weight is 493 g/mol. The Morgan fingerprint density at radius 3 is 1.74 bits per heavy atom. The van der Waals surface area contributed by atoms with Crippen LogP contribution < -0.4 is 10.6 Å². The van der Waals surface area contributed by atoms with Gasteiger partial charge in [0.05, 0.1) is 17.7 Å². The number of nitrogens with zero attached hydrogens (tertiary/aromatic N) is 2. The standard InChI is InChI=1S/C27H33N4OPS/c1-27(2,20-28-26(34)29-23-18-12-7-13-19-23)32-33-30(3)24(21-14-8-5-9-15-21)25(31(33)4)22-16-10-6-11-17-22/h5-19,24-25H,20H2,1-4H3,(H2,28,29,34)/t24-,25-/m1/s1. The number of hydrogen-bond donors (Lipinski definition) is 2. The maximum Gasteiger partial charge on any atom is 0.189 e. The molecule has 178 valence electrons. The highest BCUT2D eigenvalue weighted by molar-refractivity contribution is 7.80. The van der Waals surface area contributed by atoms with Crippen molar-refractivity contribution in [2.45, 2.75) is 31.5 Å². The topological polar surface area (TPSA) is 39.8 Å². The zero-order valence-electron chi connectivity index (χ0n) is 20.2. The van der Waals surface area contributed by atoms with Crippen LogP contribution in [0.5, 0.6) is 0 Å². The molecule has 0 saturated carbocycles. The van der Waals surface area contributed by atoms with Crippen molar-refractivity contribution in [3.8, 4) is 0 Å². The number of likely N-dealkylation sites (N-methyl/N-ethyl adjacent to an activating group) is 2. The van der Waals surface area contributed by atoms with Crippen molar-refractivity contribution in [2.75, 3.05) is 26.0 Å². The van der Waals surface area contributed by atoms with Gasteiger partial charge in [-0.05, 0) is 63.4 Å². The first-order valence-corrected chi connectivity index (χ1v) is 13.1. The second kappa shape index (κ2) is 10.9. The molecule has 1 aliphatic heterocycles. The van der Waals surface area contributed by atoms with Gasteiger partial charge in [-0.3, -0.25) is 0 Å². The lowest BCUT2D eigenvalue weighted by molar-refractivity contribution is 0.114. The van der Waals surface area contributed by atoms with Crippen molar-refractivity contribution in [1.29, 1.82) is 0 Å². The molecule has 3 aromatic rings. The Balaban J connectivity index is 1.48. The molecule has 5 nitrogen and oxygen atoms in total. The molecule has 1 fully saturated rings. The lowest BCUT2D eigenvalue weighted by Crippen LogP contribution is -2.42. The summed E-state index contributed by atoms with van der Waals surface area (Å²) in [4.78, 5) is 0. The zero-order chi connectivity index (χ0) is 24.1. The summed E-state index contributed by atoms with van der Waals surface area (Å²) in [7, 11) is 3.35. The fourth-order valence-electron chi connectivity index (χ4n) is 4.31. The number of thiocarbonyl (C=S) groups is 1. The van der Waals surface area contributed by atoms with E-state index in [2.05, 4.69) is 109 Å². The van der Waals surface area contributed by atoms with E-state index < -0.39 is 14.1 Å². The Kier molecular flexibility index (Phi) is 7.97. The summed E-state index contributed by atoms with van der Waals surface area (Å²) >= 11 is 5.51. The molecule has 7 heteroatoms. The summed E-state index contributed by atoms with van der Waals surface area (Å²) in [5, 5.41) is 7.15. The minimum atomic E-state index is -0.997. The van der Waals surface area contributed by atoms with E-state index in [0.29, 0.717) is 11.7 Å². The fourth-order valence-corrected chi connectivity index (χ4v) is 6.66. The van der Waals surface area contributed by atoms with Crippen molar-refractivity contribution < 1.29 is 4.52 Å². The van der Waals surface area contributed by atoms with Crippen molar-refractivity contribution in [3.05, 3.63) is 102 Å². The van der Waals surface area contributed by atoms with Gasteiger partial charge < -0.3 is 15.2 Å². The highest BCUT2D eigenvalue weighted by Crippen LogP contribution is 2.64. The van der Waals surface area contributed by atoms with Gasteiger partial charge in [-0.2, -0.15) is 0 Å². The lowest BCUT2D eigenvalue weighted by Gasteiger charge is -2.34. The van der Waals surface area contributed by atoms with Crippen LogP contribution in [0.15, 0.2) is 91.0 Å². The summed E-state index contributed by atoms with van der Waals surface area (Å²) in [6.07, 6.45) is 0. The molecule has 4 rings (SSSR count). The molecule has 0 unspecified atom stereocenters. The SMILES string of the molecule is CN1[C@H](c2ccccc2)[C@@H](c2ccccc2)N(C)P1OC(C)(C)CNC(=S)Nc1ccccc1. The van der Waals surface area contributed by atoms with Crippen LogP contribution in [0.25, 0.3) is 0 Å². The van der Waals surface area contributed by atoms with Gasteiger partial charge in [0.15, 0.2) is 13.6 Å². The third-order valence-electron chi connectivity index (χ3n) is 5.96. The first-order valence-electron chi connectivity index (χ1n) is 11.5. The van der Waals surface area contributed by atoms with E-state index in [1.807, 2.05) is 30.3 Å². The molecule has 1 heterocycles. The molecule has 0 aliphatic carbocycles. The van der Waals surface area contributed by atoms with Crippen LogP contribution in [-0.2, 0) is 4.52 Å². The first kappa shape index (κ1) is 24.8. The molecule has 1 saturated heterocycles. The van der Waals surface area contributed by atoms with Gasteiger partial charge >= 0.3 is 0 Å². The molecule has 0 radical (unpaired) electrons. The van der Waals surface area contributed by atoms with Gasteiger partial charge in [-0.15, -0.1) is 0 Å². The third kappa shape index (κ3) is 5.83. The smallest absolute Gasteiger partial charge is 0.189 e. The van der Waals surface area contributed by atoms with Crippen LogP contribution in [0.3, 0.4) is 0 Å². The summed E-state index contributed by atoms with van der Waals surface area (Å²) < 4.78 is 11.6. The molecule has 0 bridgehead atoms. The van der Waals surface area contributed by atoms with Gasteiger partial charge in [0.25, 0.3) is 0 Å². The molecule has 0 aromatic heterocycles. The summed E-state index contributed by atoms with van der Waals surface area (Å²) in [6.45, 7) is 4.82. The summed E-state index contributed by atoms with van der Waals surface area (Å²) in [5.74, 6) is 0. The van der Waals surface area contributed by atoms with E-state index in [1.165, 1.54) is 11.1 Å². The molecule has 34 heavy (non-hydrogen) atoms. The minimum absolute atomic E-state index is 0.198. The first-order chi connectivity index (χ1) is 16.4. The Labute approximate surface area is 210 Å². The summed E-state index contributed by atoms with van der Waals surface area (Å²) in [6, 6.07) is 31.8. The second-order valence-corrected chi connectivity index (χ2v) is 11.5. The van der Waals surface area contributed by atoms with E-state index >= 15 is 0 Å². The Bertz CT molecular complexity index is 1020. The van der Waals surface area contributed by atoms with E-state index in [1.54, 1.807) is 0 Å². The monoisotopic (exact) mass is 492 g/mol. The Morgan fingerprint density at radius 2 is 1.26 bits per heavy atom. The normalized spacial score (nSPS) is 19.8. The number of para-hydroxylation sites is 1. The van der Waals surface area contributed by atoms with Crippen LogP contribution in [-0.4, -0.2) is 40.7 Å². The fraction of sp³-hybridized carbons (Fsp3) is 0.296. The van der Waals surface area contributed by atoms with E-state index in [9.17, 15) is 0 Å². The predicted octanol–water partition coefficient (Wildman–Crippen LogP) is 6.35. The zero-order valence-corrected chi connectivity index (χ0v) is 21.9. The van der Waals surface area contributed by atoms with Gasteiger partial charge in [-0.25, -0.2) is 9.34 Å². The van der Waals surface area contributed by atoms with Crippen LogP contribution in [0, 0.1) is 0 Å². The Hall–Kier alpha value is -2.34. The van der Waals surface area contributed by atoms with Crippen molar-refractivity contribution in [3.63, 3.8) is 0 Å². The van der Waals surface area contributed by atoms with Crippen molar-refractivity contribution in [1.82, 2.24) is 14.7 Å². The number of anilines is 1. The van der Waals surface area contributed by atoms with Crippen molar-refractivity contribution in [2.24, 2.45) is 0 Å². The largest absolute Gasteiger partial charge is 0.360 e. The molecular formula is C27H33N4OPS. The quantitative estimate of drug-likeness (QED) is 0.296. The molecule has 1 aliphatic rings. The highest BCUT2D eigenvalue weighted by atomic mass is 32.1. The van der Waals surface area contributed by atoms with Gasteiger partial charge in [0.2, 0.25) is 0 Å². The van der Waals surface area contributed by atoms with E-state index in [-0.39, 0.29) is 12.1 Å². The van der Waals surface area contributed by atoms with Gasteiger partial charge in [0.1, 0.15) is 0 Å². The number of nitrogens with one attached hydrogen (secondary N) is 2. The molecule has 3 aromatic carbocycles. The van der Waals surface area contributed by atoms with Gasteiger partial charge in [-0.1, -0.05) is 78.9 Å². The molecule has 0 spiro atoms. The van der Waals surface area contributed by atoms with E-state index in [4.69, 9.17) is 16.7 Å². The third-order valence-corrected chi connectivity index (χ3v) is 8.44. The molecule has 2 atom stereocenters. The number of hydrogen-bond acceptors (Lipinski definition) is 4. The molecular weight excluding hydrogens is 459 g/mol. The average Bonchev–Trinajstić information content (AvgIpc) is 3.09.